The van der Waals surface area contributed by atoms with Crippen LogP contribution in [0.3, 0.4) is 0 Å². The minimum atomic E-state index is -4.50. The van der Waals surface area contributed by atoms with Gasteiger partial charge in [-0.2, -0.15) is 18.3 Å². The summed E-state index contributed by atoms with van der Waals surface area (Å²) in [6.45, 7) is 6.79. The predicted octanol–water partition coefficient (Wildman–Crippen LogP) is 3.00. The first kappa shape index (κ1) is 30.0. The molecule has 2 N–H and O–H groups in total. The number of rotatable bonds is 6. The number of pyridine rings is 2. The number of aromatic carboxylic acids is 1. The van der Waals surface area contributed by atoms with Crippen LogP contribution in [0.25, 0.3) is 5.65 Å². The summed E-state index contributed by atoms with van der Waals surface area (Å²) in [6.07, 6.45) is -0.157. The fourth-order valence-corrected chi connectivity index (χ4v) is 6.71. The Hall–Kier alpha value is -4.73. The Morgan fingerprint density at radius 1 is 1.09 bits per heavy atom. The van der Waals surface area contributed by atoms with E-state index in [1.165, 1.54) is 16.9 Å². The van der Waals surface area contributed by atoms with Crippen molar-refractivity contribution in [3.63, 3.8) is 0 Å². The zero-order valence-electron chi connectivity index (χ0n) is 25.2. The number of carboxylic acids is 1. The number of nitrogens with zero attached hydrogens (tertiary/aromatic N) is 8. The smallest absolute Gasteiger partial charge is 0.435 e. The van der Waals surface area contributed by atoms with Gasteiger partial charge >= 0.3 is 12.1 Å². The van der Waals surface area contributed by atoms with Crippen LogP contribution in [0, 0.1) is 12.3 Å². The van der Waals surface area contributed by atoms with Crippen molar-refractivity contribution >= 4 is 29.0 Å². The van der Waals surface area contributed by atoms with E-state index in [2.05, 4.69) is 30.4 Å². The number of hydrogen-bond donors (Lipinski definition) is 2. The molecule has 7 rings (SSSR count). The highest BCUT2D eigenvalue weighted by atomic mass is 19.4. The maximum absolute atomic E-state index is 13.5. The molecule has 13 nitrogen and oxygen atoms in total. The Kier molecular flexibility index (Phi) is 6.95. The highest BCUT2D eigenvalue weighted by Crippen LogP contribution is 2.39. The lowest BCUT2D eigenvalue weighted by molar-refractivity contribution is -0.141. The van der Waals surface area contributed by atoms with E-state index in [1.807, 2.05) is 24.8 Å². The minimum absolute atomic E-state index is 0.0244. The second kappa shape index (κ2) is 10.7. The number of amides is 1. The van der Waals surface area contributed by atoms with Crippen molar-refractivity contribution in [3.05, 3.63) is 65.5 Å². The molecule has 46 heavy (non-hydrogen) atoms. The summed E-state index contributed by atoms with van der Waals surface area (Å²) in [5.41, 5.74) is 0.192. The molecule has 0 radical (unpaired) electrons. The predicted molar refractivity (Wildman–Crippen MR) is 158 cm³/mol. The van der Waals surface area contributed by atoms with Crippen LogP contribution in [0.4, 0.5) is 24.7 Å². The van der Waals surface area contributed by atoms with Crippen LogP contribution >= 0.6 is 0 Å². The lowest BCUT2D eigenvalue weighted by Gasteiger charge is -2.53. The number of hydrogen-bond acceptors (Lipinski definition) is 9. The monoisotopic (exact) mass is 639 g/mol. The topological polar surface area (TPSA) is 143 Å². The van der Waals surface area contributed by atoms with Gasteiger partial charge in [-0.3, -0.25) is 9.48 Å². The van der Waals surface area contributed by atoms with Crippen molar-refractivity contribution in [1.29, 1.82) is 0 Å². The van der Waals surface area contributed by atoms with Crippen molar-refractivity contribution in [3.8, 4) is 0 Å². The average molecular weight is 640 g/mol. The van der Waals surface area contributed by atoms with Crippen molar-refractivity contribution in [1.82, 2.24) is 34.7 Å². The maximum Gasteiger partial charge on any atom is 0.435 e. The van der Waals surface area contributed by atoms with E-state index >= 15 is 0 Å². The van der Waals surface area contributed by atoms with Gasteiger partial charge in [0.2, 0.25) is 5.82 Å². The fourth-order valence-electron chi connectivity index (χ4n) is 6.71. The second-order valence-electron chi connectivity index (χ2n) is 12.7. The van der Waals surface area contributed by atoms with E-state index in [-0.39, 0.29) is 23.0 Å². The van der Waals surface area contributed by atoms with Gasteiger partial charge in [-0.25, -0.2) is 19.3 Å². The van der Waals surface area contributed by atoms with E-state index in [0.29, 0.717) is 63.7 Å². The fraction of sp³-hybridized carbons (Fsp3) is 0.467. The van der Waals surface area contributed by atoms with Crippen molar-refractivity contribution in [2.75, 3.05) is 49.2 Å². The molecule has 4 aromatic heterocycles. The third-order valence-electron chi connectivity index (χ3n) is 9.35. The molecule has 3 aliphatic heterocycles. The zero-order chi connectivity index (χ0) is 32.4. The summed E-state index contributed by atoms with van der Waals surface area (Å²) in [5, 5.41) is 20.8. The van der Waals surface area contributed by atoms with Crippen LogP contribution in [0.5, 0.6) is 0 Å². The van der Waals surface area contributed by atoms with Gasteiger partial charge in [0, 0.05) is 38.4 Å². The number of anilines is 2. The number of carboxylic acid groups (broad SMARTS) is 1. The Morgan fingerprint density at radius 3 is 2.59 bits per heavy atom. The number of fused-ring (bicyclic) bond motifs is 1. The Labute approximate surface area is 261 Å². The zero-order valence-corrected chi connectivity index (χ0v) is 25.2. The molecule has 0 saturated carbocycles. The molecule has 3 aliphatic rings. The van der Waals surface area contributed by atoms with Crippen LogP contribution in [0.1, 0.15) is 52.1 Å². The summed E-state index contributed by atoms with van der Waals surface area (Å²) in [6, 6.07) is 7.61. The number of aromatic nitrogens is 6. The van der Waals surface area contributed by atoms with E-state index in [4.69, 9.17) is 4.74 Å². The van der Waals surface area contributed by atoms with Crippen LogP contribution in [0.15, 0.2) is 42.7 Å². The number of carbonyl (C=O) groups is 2. The number of alkyl halides is 3. The summed E-state index contributed by atoms with van der Waals surface area (Å²) in [5.74, 6) is -0.910. The summed E-state index contributed by atoms with van der Waals surface area (Å²) >= 11 is 0. The number of halogens is 3. The molecule has 242 valence electrons. The van der Waals surface area contributed by atoms with Crippen LogP contribution in [-0.4, -0.2) is 91.8 Å². The highest BCUT2D eigenvalue weighted by Gasteiger charge is 2.50. The van der Waals surface area contributed by atoms with E-state index in [9.17, 15) is 27.9 Å². The normalized spacial score (nSPS) is 22.8. The van der Waals surface area contributed by atoms with Gasteiger partial charge in [0.05, 0.1) is 36.1 Å². The lowest BCUT2D eigenvalue weighted by atomic mass is 9.73. The third kappa shape index (κ3) is 5.19. The van der Waals surface area contributed by atoms with E-state index in [0.717, 1.165) is 17.3 Å². The minimum Gasteiger partial charge on any atom is -0.477 e. The number of aryl methyl sites for hydroxylation is 1. The third-order valence-corrected chi connectivity index (χ3v) is 9.35. The SMILES string of the molecule is Cc1cc(N2CC[C@@](C)(n3ccc(C(F)(F)F)n3)C2)cn2nc(C(=O)N[C@@H]3CCN(c4cccc(C(=O)O)n4)CC34COC4)nc12. The molecular formula is C30H32F3N9O4. The maximum atomic E-state index is 13.5. The van der Waals surface area contributed by atoms with Gasteiger partial charge in [-0.05, 0) is 56.5 Å². The van der Waals surface area contributed by atoms with Crippen molar-refractivity contribution in [2.45, 2.75) is 44.4 Å². The standard InChI is InChI=1S/C30H32F3N9O4/c1-18-12-19(39-11-8-28(2,14-39)42-10-7-22(37-42)30(31,32)33)13-41-25(18)36-24(38-41)26(43)35-21-6-9-40(15-29(21)16-46-17-29)23-5-3-4-20(34-23)27(44)45/h3-5,7,10,12-13,21H,6,8-9,11,14-17H2,1-2H3,(H,35,43)(H,44,45)/t21-,28-/m1/s1. The van der Waals surface area contributed by atoms with Crippen LogP contribution < -0.4 is 15.1 Å². The van der Waals surface area contributed by atoms with Crippen molar-refractivity contribution in [2.24, 2.45) is 5.41 Å². The molecule has 0 aromatic carbocycles. The molecule has 7 heterocycles. The van der Waals surface area contributed by atoms with Crippen LogP contribution in [0.2, 0.25) is 0 Å². The van der Waals surface area contributed by atoms with E-state index < -0.39 is 29.3 Å². The number of piperidine rings is 1. The van der Waals surface area contributed by atoms with Gasteiger partial charge in [-0.15, -0.1) is 5.10 Å². The molecule has 0 unspecified atom stereocenters. The van der Waals surface area contributed by atoms with Gasteiger partial charge in [0.15, 0.2) is 17.0 Å². The summed E-state index contributed by atoms with van der Waals surface area (Å²) in [7, 11) is 0. The van der Waals surface area contributed by atoms with Gasteiger partial charge < -0.3 is 25.0 Å². The summed E-state index contributed by atoms with van der Waals surface area (Å²) < 4.78 is 48.0. The first-order valence-corrected chi connectivity index (χ1v) is 14.9. The van der Waals surface area contributed by atoms with Crippen molar-refractivity contribution < 1.29 is 32.6 Å². The number of carbonyl (C=O) groups excluding carboxylic acids is 1. The van der Waals surface area contributed by atoms with Gasteiger partial charge in [0.1, 0.15) is 5.82 Å². The molecular weight excluding hydrogens is 607 g/mol. The van der Waals surface area contributed by atoms with E-state index in [1.54, 1.807) is 22.8 Å². The summed E-state index contributed by atoms with van der Waals surface area (Å²) in [4.78, 5) is 37.8. The molecule has 4 aromatic rings. The lowest BCUT2D eigenvalue weighted by Crippen LogP contribution is -2.66. The number of nitrogens with one attached hydrogen (secondary N) is 1. The van der Waals surface area contributed by atoms with Gasteiger partial charge in [0.25, 0.3) is 5.91 Å². The number of ether oxygens (including phenoxy) is 1. The highest BCUT2D eigenvalue weighted by molar-refractivity contribution is 5.91. The molecule has 0 aliphatic carbocycles. The van der Waals surface area contributed by atoms with Crippen LogP contribution in [-0.2, 0) is 16.5 Å². The molecule has 3 fully saturated rings. The Bertz CT molecular complexity index is 1840. The first-order valence-electron chi connectivity index (χ1n) is 14.9. The Morgan fingerprint density at radius 2 is 1.89 bits per heavy atom. The first-order chi connectivity index (χ1) is 21.8. The molecule has 16 heteroatoms. The quantitative estimate of drug-likeness (QED) is 0.323. The second-order valence-corrected chi connectivity index (χ2v) is 12.7. The molecule has 3 saturated heterocycles. The largest absolute Gasteiger partial charge is 0.477 e. The van der Waals surface area contributed by atoms with Gasteiger partial charge in [-0.1, -0.05) is 6.07 Å². The average Bonchev–Trinajstić information content (AvgIpc) is 3.76. The molecule has 2 atom stereocenters. The molecule has 1 spiro atoms. The molecule has 1 amide bonds. The molecule has 0 bridgehead atoms. The Balaban J connectivity index is 1.06.